The molecule has 0 spiro atoms. The number of nitrogens with one attached hydrogen (secondary N) is 1. The van der Waals surface area contributed by atoms with Crippen molar-refractivity contribution in [2.45, 2.75) is 6.92 Å². The van der Waals surface area contributed by atoms with Crippen LogP contribution in [0.4, 0.5) is 15.2 Å². The largest absolute Gasteiger partial charge is 0.346 e. The molecule has 0 bridgehead atoms. The van der Waals surface area contributed by atoms with Gasteiger partial charge in [-0.2, -0.15) is 0 Å². The number of amides is 1. The molecule has 1 saturated heterocycles. The van der Waals surface area contributed by atoms with E-state index in [4.69, 9.17) is 0 Å². The first-order valence-electron chi connectivity index (χ1n) is 7.88. The standard InChI is InChI=1S/C18H15BrFN3OS/c1-10-7-12(5-6-13(10)19)21-17(24)11-8-23(9-11)18-22-16-14(20)3-2-4-15(16)25-18/h2-7,11H,8-9H2,1H3,(H,21,24). The fourth-order valence-corrected chi connectivity index (χ4v) is 4.05. The number of nitrogens with zero attached hydrogens (tertiary/aromatic N) is 2. The Morgan fingerprint density at radius 2 is 2.16 bits per heavy atom. The highest BCUT2D eigenvalue weighted by Gasteiger charge is 2.34. The van der Waals surface area contributed by atoms with Crippen molar-refractivity contribution in [1.82, 2.24) is 4.98 Å². The monoisotopic (exact) mass is 419 g/mol. The van der Waals surface area contributed by atoms with E-state index in [1.165, 1.54) is 17.4 Å². The zero-order valence-electron chi connectivity index (χ0n) is 13.4. The van der Waals surface area contributed by atoms with E-state index in [0.29, 0.717) is 18.6 Å². The maximum Gasteiger partial charge on any atom is 0.231 e. The minimum Gasteiger partial charge on any atom is -0.346 e. The summed E-state index contributed by atoms with van der Waals surface area (Å²) in [4.78, 5) is 18.7. The van der Waals surface area contributed by atoms with Crippen LogP contribution >= 0.6 is 27.3 Å². The number of aromatic nitrogens is 1. The number of anilines is 2. The van der Waals surface area contributed by atoms with Crippen LogP contribution < -0.4 is 10.2 Å². The number of rotatable bonds is 3. The summed E-state index contributed by atoms with van der Waals surface area (Å²) in [7, 11) is 0. The van der Waals surface area contributed by atoms with Gasteiger partial charge in [0.15, 0.2) is 5.13 Å². The van der Waals surface area contributed by atoms with Crippen LogP contribution in [0.25, 0.3) is 10.2 Å². The van der Waals surface area contributed by atoms with Crippen molar-refractivity contribution in [2.24, 2.45) is 5.92 Å². The van der Waals surface area contributed by atoms with Crippen LogP contribution in [0.2, 0.25) is 0 Å². The van der Waals surface area contributed by atoms with Gasteiger partial charge in [-0.3, -0.25) is 4.79 Å². The lowest BCUT2D eigenvalue weighted by Gasteiger charge is -2.37. The number of thiazole rings is 1. The molecule has 0 radical (unpaired) electrons. The molecule has 0 saturated carbocycles. The zero-order chi connectivity index (χ0) is 17.6. The van der Waals surface area contributed by atoms with Gasteiger partial charge in [-0.15, -0.1) is 0 Å². The number of para-hydroxylation sites is 1. The highest BCUT2D eigenvalue weighted by Crippen LogP contribution is 2.34. The summed E-state index contributed by atoms with van der Waals surface area (Å²) in [5.41, 5.74) is 2.27. The van der Waals surface area contributed by atoms with Gasteiger partial charge in [0.1, 0.15) is 11.3 Å². The molecule has 25 heavy (non-hydrogen) atoms. The van der Waals surface area contributed by atoms with Gasteiger partial charge in [0.2, 0.25) is 5.91 Å². The van der Waals surface area contributed by atoms with Gasteiger partial charge in [-0.25, -0.2) is 9.37 Å². The van der Waals surface area contributed by atoms with E-state index in [9.17, 15) is 9.18 Å². The molecule has 1 aliphatic heterocycles. The molecule has 1 aromatic heterocycles. The molecule has 1 N–H and O–H groups in total. The summed E-state index contributed by atoms with van der Waals surface area (Å²) in [6.07, 6.45) is 0. The van der Waals surface area contributed by atoms with Crippen LogP contribution in [0.15, 0.2) is 40.9 Å². The Kier molecular flexibility index (Phi) is 4.21. The lowest BCUT2D eigenvalue weighted by Crippen LogP contribution is -2.52. The van der Waals surface area contributed by atoms with Gasteiger partial charge in [-0.05, 0) is 42.8 Å². The molecule has 1 fully saturated rings. The van der Waals surface area contributed by atoms with Gasteiger partial charge >= 0.3 is 0 Å². The summed E-state index contributed by atoms with van der Waals surface area (Å²) in [5, 5.41) is 3.72. The van der Waals surface area contributed by atoms with Crippen molar-refractivity contribution < 1.29 is 9.18 Å². The summed E-state index contributed by atoms with van der Waals surface area (Å²) >= 11 is 4.91. The minimum atomic E-state index is -0.305. The highest BCUT2D eigenvalue weighted by atomic mass is 79.9. The molecule has 7 heteroatoms. The lowest BCUT2D eigenvalue weighted by molar-refractivity contribution is -0.120. The molecule has 2 aromatic carbocycles. The minimum absolute atomic E-state index is 0.00487. The van der Waals surface area contributed by atoms with Crippen molar-refractivity contribution in [3.8, 4) is 0 Å². The van der Waals surface area contributed by atoms with Crippen molar-refractivity contribution in [3.05, 3.63) is 52.3 Å². The molecule has 0 atom stereocenters. The van der Waals surface area contributed by atoms with Gasteiger partial charge in [0, 0.05) is 23.2 Å². The fraction of sp³-hybridized carbons (Fsp3) is 0.222. The second kappa shape index (κ2) is 6.38. The smallest absolute Gasteiger partial charge is 0.231 e. The fourth-order valence-electron chi connectivity index (χ4n) is 2.81. The average molecular weight is 420 g/mol. The molecular formula is C18H15BrFN3OS. The number of benzene rings is 2. The van der Waals surface area contributed by atoms with Crippen molar-refractivity contribution in [3.63, 3.8) is 0 Å². The maximum atomic E-state index is 13.8. The third-order valence-corrected chi connectivity index (χ3v) is 6.28. The first-order valence-corrected chi connectivity index (χ1v) is 9.49. The van der Waals surface area contributed by atoms with Crippen molar-refractivity contribution in [1.29, 1.82) is 0 Å². The summed E-state index contributed by atoms with van der Waals surface area (Å²) in [5.74, 6) is -0.383. The third-order valence-electron chi connectivity index (χ3n) is 4.31. The normalized spacial score (nSPS) is 14.6. The van der Waals surface area contributed by atoms with E-state index < -0.39 is 0 Å². The first-order chi connectivity index (χ1) is 12.0. The number of fused-ring (bicyclic) bond motifs is 1. The molecule has 4 nitrogen and oxygen atoms in total. The van der Waals surface area contributed by atoms with Crippen LogP contribution in [0.3, 0.4) is 0 Å². The topological polar surface area (TPSA) is 45.2 Å². The molecule has 0 aliphatic carbocycles. The van der Waals surface area contributed by atoms with Crippen LogP contribution in [0.5, 0.6) is 0 Å². The lowest BCUT2D eigenvalue weighted by atomic mass is 10.00. The number of carbonyl (C=O) groups is 1. The Labute approximate surface area is 156 Å². The maximum absolute atomic E-state index is 13.8. The molecule has 0 unspecified atom stereocenters. The molecule has 2 heterocycles. The van der Waals surface area contributed by atoms with E-state index in [1.807, 2.05) is 36.1 Å². The van der Waals surface area contributed by atoms with Crippen LogP contribution in [-0.2, 0) is 4.79 Å². The number of carbonyl (C=O) groups excluding carboxylic acids is 1. The van der Waals surface area contributed by atoms with Crippen LogP contribution in [-0.4, -0.2) is 24.0 Å². The number of halogens is 2. The van der Waals surface area contributed by atoms with E-state index in [1.54, 1.807) is 6.07 Å². The summed E-state index contributed by atoms with van der Waals surface area (Å²) in [6, 6.07) is 10.7. The zero-order valence-corrected chi connectivity index (χ0v) is 15.8. The molecule has 3 aromatic rings. The Balaban J connectivity index is 1.41. The Morgan fingerprint density at radius 1 is 1.36 bits per heavy atom. The van der Waals surface area contributed by atoms with Gasteiger partial charge < -0.3 is 10.2 Å². The van der Waals surface area contributed by atoms with Crippen LogP contribution in [0, 0.1) is 18.7 Å². The van der Waals surface area contributed by atoms with Gasteiger partial charge in [0.25, 0.3) is 0 Å². The Hall–Kier alpha value is -1.99. The second-order valence-electron chi connectivity index (χ2n) is 6.14. The predicted molar refractivity (Wildman–Crippen MR) is 103 cm³/mol. The highest BCUT2D eigenvalue weighted by molar-refractivity contribution is 9.10. The summed E-state index contributed by atoms with van der Waals surface area (Å²) in [6.45, 7) is 3.18. The number of aryl methyl sites for hydroxylation is 1. The average Bonchev–Trinajstić information content (AvgIpc) is 2.94. The van der Waals surface area contributed by atoms with Crippen molar-refractivity contribution in [2.75, 3.05) is 23.3 Å². The molecule has 4 rings (SSSR count). The Bertz CT molecular complexity index is 968. The van der Waals surface area contributed by atoms with Gasteiger partial charge in [-0.1, -0.05) is 33.3 Å². The summed E-state index contributed by atoms with van der Waals surface area (Å²) < 4.78 is 15.6. The molecule has 1 aliphatic rings. The van der Waals surface area contributed by atoms with E-state index >= 15 is 0 Å². The molecule has 1 amide bonds. The van der Waals surface area contributed by atoms with E-state index in [0.717, 1.165) is 25.6 Å². The SMILES string of the molecule is Cc1cc(NC(=O)C2CN(c3nc4c(F)cccc4s3)C2)ccc1Br. The molecule has 128 valence electrons. The Morgan fingerprint density at radius 3 is 2.88 bits per heavy atom. The van der Waals surface area contributed by atoms with E-state index in [-0.39, 0.29) is 17.6 Å². The van der Waals surface area contributed by atoms with E-state index in [2.05, 4.69) is 26.2 Å². The third kappa shape index (κ3) is 3.14. The number of hydrogen-bond acceptors (Lipinski definition) is 4. The second-order valence-corrected chi connectivity index (χ2v) is 8.00. The quantitative estimate of drug-likeness (QED) is 0.675. The van der Waals surface area contributed by atoms with Crippen molar-refractivity contribution >= 4 is 54.2 Å². The first kappa shape index (κ1) is 16.5. The van der Waals surface area contributed by atoms with Gasteiger partial charge in [0.05, 0.1) is 10.6 Å². The van der Waals surface area contributed by atoms with Crippen LogP contribution in [0.1, 0.15) is 5.56 Å². The molecular weight excluding hydrogens is 405 g/mol. The number of hydrogen-bond donors (Lipinski definition) is 1. The predicted octanol–water partition coefficient (Wildman–Crippen LogP) is 4.58.